The van der Waals surface area contributed by atoms with Crippen LogP contribution >= 0.6 is 23.2 Å². The highest BCUT2D eigenvalue weighted by molar-refractivity contribution is 6.30. The predicted molar refractivity (Wildman–Crippen MR) is 98.8 cm³/mol. The van der Waals surface area contributed by atoms with Gasteiger partial charge in [-0.2, -0.15) is 0 Å². The second-order valence-electron chi connectivity index (χ2n) is 6.83. The van der Waals surface area contributed by atoms with Crippen LogP contribution in [0.15, 0.2) is 12.7 Å². The monoisotopic (exact) mass is 391 g/mol. The van der Waals surface area contributed by atoms with Gasteiger partial charge in [-0.05, 0) is 37.7 Å². The number of rotatable bonds is 6. The molecule has 1 aliphatic carbocycles. The largest absolute Gasteiger partial charge is 0.391 e. The Balaban J connectivity index is 1.63. The molecule has 1 aliphatic heterocycles. The number of aliphatic hydroxyl groups excluding tert-OH is 1. The van der Waals surface area contributed by atoms with Crippen molar-refractivity contribution < 1.29 is 14.7 Å². The Morgan fingerprint density at radius 1 is 1.20 bits per heavy atom. The maximum absolute atomic E-state index is 12.0. The average molecular weight is 392 g/mol. The van der Waals surface area contributed by atoms with Gasteiger partial charge in [0.2, 0.25) is 11.8 Å². The second-order valence-corrected chi connectivity index (χ2v) is 7.96. The van der Waals surface area contributed by atoms with E-state index in [0.29, 0.717) is 38.4 Å². The van der Waals surface area contributed by atoms with Crippen molar-refractivity contribution in [2.75, 3.05) is 26.2 Å². The lowest BCUT2D eigenvalue weighted by molar-refractivity contribution is -0.127. The molecule has 2 aliphatic rings. The van der Waals surface area contributed by atoms with E-state index in [1.165, 1.54) is 6.08 Å². The minimum absolute atomic E-state index is 0.0329. The summed E-state index contributed by atoms with van der Waals surface area (Å²) in [5.74, 6) is 0.243. The summed E-state index contributed by atoms with van der Waals surface area (Å²) in [7, 11) is 0. The van der Waals surface area contributed by atoms with Crippen LogP contribution in [0.25, 0.3) is 0 Å². The van der Waals surface area contributed by atoms with Gasteiger partial charge in [0.15, 0.2) is 0 Å². The van der Waals surface area contributed by atoms with E-state index in [4.69, 9.17) is 23.2 Å². The Morgan fingerprint density at radius 2 is 1.84 bits per heavy atom. The van der Waals surface area contributed by atoms with Crippen LogP contribution in [0.3, 0.4) is 0 Å². The molecular weight excluding hydrogens is 365 g/mol. The van der Waals surface area contributed by atoms with Gasteiger partial charge in [0.05, 0.1) is 23.4 Å². The van der Waals surface area contributed by atoms with Gasteiger partial charge in [0, 0.05) is 25.7 Å². The lowest BCUT2D eigenvalue weighted by Gasteiger charge is -2.34. The molecule has 2 amide bonds. The molecule has 6 nitrogen and oxygen atoms in total. The van der Waals surface area contributed by atoms with Crippen LogP contribution in [0.1, 0.15) is 25.7 Å². The fourth-order valence-corrected chi connectivity index (χ4v) is 3.92. The van der Waals surface area contributed by atoms with Gasteiger partial charge < -0.3 is 20.6 Å². The van der Waals surface area contributed by atoms with Crippen molar-refractivity contribution in [3.8, 4) is 0 Å². The van der Waals surface area contributed by atoms with E-state index >= 15 is 0 Å². The SMILES string of the molecule is C=CC(=O)N1CCC(CNC(=O)CNC2CC(Cl)C(Cl)CC2O)CC1. The summed E-state index contributed by atoms with van der Waals surface area (Å²) >= 11 is 12.2. The van der Waals surface area contributed by atoms with Gasteiger partial charge in [-0.3, -0.25) is 9.59 Å². The first-order valence-electron chi connectivity index (χ1n) is 8.78. The molecular formula is C17H27Cl2N3O3. The number of carbonyl (C=O) groups is 2. The molecule has 0 aromatic rings. The number of likely N-dealkylation sites (tertiary alicyclic amines) is 1. The van der Waals surface area contributed by atoms with Crippen molar-refractivity contribution >= 4 is 35.0 Å². The number of nitrogens with one attached hydrogen (secondary N) is 2. The predicted octanol–water partition coefficient (Wildman–Crippen LogP) is 0.855. The average Bonchev–Trinajstić information content (AvgIpc) is 2.61. The topological polar surface area (TPSA) is 81.7 Å². The maximum Gasteiger partial charge on any atom is 0.245 e. The highest BCUT2D eigenvalue weighted by atomic mass is 35.5. The standard InChI is InChI=1S/C17H27Cl2N3O3/c1-2-17(25)22-5-3-11(4-6-22)9-21-16(24)10-20-14-7-12(18)13(19)8-15(14)23/h2,11-15,20,23H,1,3-10H2,(H,21,24). The third-order valence-electron chi connectivity index (χ3n) is 5.02. The number of carbonyl (C=O) groups excluding carboxylic acids is 2. The van der Waals surface area contributed by atoms with Crippen LogP contribution in [0.5, 0.6) is 0 Å². The van der Waals surface area contributed by atoms with Crippen LogP contribution in [-0.2, 0) is 9.59 Å². The molecule has 0 bridgehead atoms. The van der Waals surface area contributed by atoms with Gasteiger partial charge in [-0.25, -0.2) is 0 Å². The van der Waals surface area contributed by atoms with E-state index in [9.17, 15) is 14.7 Å². The number of amides is 2. The molecule has 2 fully saturated rings. The summed E-state index contributed by atoms with van der Waals surface area (Å²) in [6, 6.07) is -0.212. The smallest absolute Gasteiger partial charge is 0.245 e. The number of aliphatic hydroxyl groups is 1. The third-order valence-corrected chi connectivity index (χ3v) is 6.11. The Kier molecular flexibility index (Phi) is 8.00. The molecule has 4 unspecified atom stereocenters. The van der Waals surface area contributed by atoms with E-state index in [2.05, 4.69) is 17.2 Å². The molecule has 0 radical (unpaired) electrons. The van der Waals surface area contributed by atoms with Crippen molar-refractivity contribution in [1.29, 1.82) is 0 Å². The molecule has 3 N–H and O–H groups in total. The number of halogens is 2. The Labute approximate surface area is 158 Å². The van der Waals surface area contributed by atoms with E-state index in [-0.39, 0.29) is 35.2 Å². The molecule has 0 aromatic heterocycles. The van der Waals surface area contributed by atoms with Gasteiger partial charge in [-0.15, -0.1) is 23.2 Å². The Morgan fingerprint density at radius 3 is 2.48 bits per heavy atom. The van der Waals surface area contributed by atoms with Crippen molar-refractivity contribution in [1.82, 2.24) is 15.5 Å². The zero-order chi connectivity index (χ0) is 18.4. The normalized spacial score (nSPS) is 30.8. The lowest BCUT2D eigenvalue weighted by Crippen LogP contribution is -2.51. The van der Waals surface area contributed by atoms with Crippen LogP contribution in [0.2, 0.25) is 0 Å². The van der Waals surface area contributed by atoms with E-state index < -0.39 is 6.10 Å². The zero-order valence-corrected chi connectivity index (χ0v) is 15.8. The summed E-state index contributed by atoms with van der Waals surface area (Å²) in [4.78, 5) is 25.3. The molecule has 8 heteroatoms. The number of nitrogens with zero attached hydrogens (tertiary/aromatic N) is 1. The molecule has 2 rings (SSSR count). The quantitative estimate of drug-likeness (QED) is 0.463. The highest BCUT2D eigenvalue weighted by Gasteiger charge is 2.34. The third kappa shape index (κ3) is 6.13. The highest BCUT2D eigenvalue weighted by Crippen LogP contribution is 2.28. The molecule has 0 spiro atoms. The number of hydrogen-bond acceptors (Lipinski definition) is 4. The molecule has 25 heavy (non-hydrogen) atoms. The fraction of sp³-hybridized carbons (Fsp3) is 0.765. The van der Waals surface area contributed by atoms with Crippen LogP contribution in [0.4, 0.5) is 0 Å². The van der Waals surface area contributed by atoms with Crippen LogP contribution < -0.4 is 10.6 Å². The molecule has 1 heterocycles. The molecule has 4 atom stereocenters. The summed E-state index contributed by atoms with van der Waals surface area (Å²) in [5.41, 5.74) is 0. The Hall–Kier alpha value is -0.820. The fourth-order valence-electron chi connectivity index (χ4n) is 3.34. The first-order valence-corrected chi connectivity index (χ1v) is 9.65. The van der Waals surface area contributed by atoms with Crippen molar-refractivity contribution in [2.45, 2.75) is 48.6 Å². The number of piperidine rings is 1. The first kappa shape index (κ1) is 20.5. The summed E-state index contributed by atoms with van der Waals surface area (Å²) < 4.78 is 0. The van der Waals surface area contributed by atoms with Crippen molar-refractivity contribution in [3.63, 3.8) is 0 Å². The van der Waals surface area contributed by atoms with Gasteiger partial charge in [0.25, 0.3) is 0 Å². The van der Waals surface area contributed by atoms with Crippen LogP contribution in [0, 0.1) is 5.92 Å². The first-order chi connectivity index (χ1) is 11.9. The summed E-state index contributed by atoms with van der Waals surface area (Å²) in [5, 5.41) is 15.6. The zero-order valence-electron chi connectivity index (χ0n) is 14.3. The number of alkyl halides is 2. The van der Waals surface area contributed by atoms with Gasteiger partial charge in [0.1, 0.15) is 0 Å². The van der Waals surface area contributed by atoms with Crippen molar-refractivity contribution in [2.24, 2.45) is 5.92 Å². The van der Waals surface area contributed by atoms with Gasteiger partial charge >= 0.3 is 0 Å². The molecule has 1 saturated heterocycles. The van der Waals surface area contributed by atoms with E-state index in [1.807, 2.05) is 0 Å². The van der Waals surface area contributed by atoms with E-state index in [1.54, 1.807) is 4.90 Å². The van der Waals surface area contributed by atoms with E-state index in [0.717, 1.165) is 12.8 Å². The minimum atomic E-state index is -0.586. The van der Waals surface area contributed by atoms with Crippen molar-refractivity contribution in [3.05, 3.63) is 12.7 Å². The lowest BCUT2D eigenvalue weighted by atomic mass is 9.91. The number of hydrogen-bond donors (Lipinski definition) is 3. The van der Waals surface area contributed by atoms with Crippen LogP contribution in [-0.4, -0.2) is 70.9 Å². The maximum atomic E-state index is 12.0. The molecule has 1 saturated carbocycles. The molecule has 142 valence electrons. The minimum Gasteiger partial charge on any atom is -0.391 e. The second kappa shape index (κ2) is 9.76. The van der Waals surface area contributed by atoms with Gasteiger partial charge in [-0.1, -0.05) is 6.58 Å². The summed E-state index contributed by atoms with van der Waals surface area (Å²) in [6.07, 6.45) is 3.47. The summed E-state index contributed by atoms with van der Waals surface area (Å²) in [6.45, 7) is 5.65. The molecule has 0 aromatic carbocycles. The Bertz CT molecular complexity index is 484.